The molecule has 1 N–H and O–H groups in total. The van der Waals surface area contributed by atoms with Gasteiger partial charge < -0.3 is 5.11 Å². The summed E-state index contributed by atoms with van der Waals surface area (Å²) < 4.78 is 26.9. The van der Waals surface area contributed by atoms with Crippen LogP contribution in [0.1, 0.15) is 22.8 Å². The van der Waals surface area contributed by atoms with Crippen molar-refractivity contribution in [3.63, 3.8) is 0 Å². The Balaban J connectivity index is 2.49. The first-order valence-corrected chi connectivity index (χ1v) is 6.24. The lowest BCUT2D eigenvalue weighted by atomic mass is 9.99. The second kappa shape index (κ2) is 5.45. The molecular weight excluding hydrogens is 293 g/mol. The molecule has 0 bridgehead atoms. The Labute approximate surface area is 119 Å². The minimum atomic E-state index is -1.27. The van der Waals surface area contributed by atoms with Crippen LogP contribution in [0.4, 0.5) is 8.78 Å². The van der Waals surface area contributed by atoms with Crippen molar-refractivity contribution in [1.82, 2.24) is 0 Å². The van der Waals surface area contributed by atoms with Crippen LogP contribution in [0.25, 0.3) is 0 Å². The topological polar surface area (TPSA) is 20.2 Å². The fourth-order valence-electron chi connectivity index (χ4n) is 1.78. The van der Waals surface area contributed by atoms with Crippen LogP contribution in [0.5, 0.6) is 0 Å². The lowest BCUT2D eigenvalue weighted by Crippen LogP contribution is -2.05. The minimum Gasteiger partial charge on any atom is -0.383 e. The fourth-order valence-corrected chi connectivity index (χ4v) is 2.29. The molecule has 0 spiro atoms. The SMILES string of the molecule is Cc1cc(C(O)c2ccc(Cl)cc2Cl)c(F)cc1F. The number of aliphatic hydroxyl groups is 1. The summed E-state index contributed by atoms with van der Waals surface area (Å²) in [6, 6.07) is 6.52. The Morgan fingerprint density at radius 3 is 2.32 bits per heavy atom. The molecule has 0 aliphatic heterocycles. The highest BCUT2D eigenvalue weighted by atomic mass is 35.5. The van der Waals surface area contributed by atoms with Crippen molar-refractivity contribution in [3.8, 4) is 0 Å². The van der Waals surface area contributed by atoms with Gasteiger partial charge in [-0.2, -0.15) is 0 Å². The highest BCUT2D eigenvalue weighted by molar-refractivity contribution is 6.35. The van der Waals surface area contributed by atoms with Crippen LogP contribution in [0.2, 0.25) is 10.0 Å². The molecular formula is C14H10Cl2F2O. The van der Waals surface area contributed by atoms with Gasteiger partial charge in [0, 0.05) is 27.2 Å². The van der Waals surface area contributed by atoms with Crippen LogP contribution < -0.4 is 0 Å². The van der Waals surface area contributed by atoms with E-state index in [4.69, 9.17) is 23.2 Å². The monoisotopic (exact) mass is 302 g/mol. The third-order valence-electron chi connectivity index (χ3n) is 2.83. The molecule has 100 valence electrons. The van der Waals surface area contributed by atoms with Crippen LogP contribution in [0, 0.1) is 18.6 Å². The van der Waals surface area contributed by atoms with E-state index in [0.29, 0.717) is 10.6 Å². The molecule has 0 aromatic heterocycles. The van der Waals surface area contributed by atoms with Gasteiger partial charge in [-0.3, -0.25) is 0 Å². The molecule has 2 aromatic rings. The van der Waals surface area contributed by atoms with Crippen LogP contribution in [-0.2, 0) is 0 Å². The Bertz CT molecular complexity index is 629. The zero-order chi connectivity index (χ0) is 14.2. The van der Waals surface area contributed by atoms with Gasteiger partial charge in [-0.05, 0) is 30.7 Å². The molecule has 0 radical (unpaired) electrons. The number of benzene rings is 2. The Kier molecular flexibility index (Phi) is 4.09. The van der Waals surface area contributed by atoms with E-state index in [1.165, 1.54) is 25.1 Å². The molecule has 1 unspecified atom stereocenters. The van der Waals surface area contributed by atoms with Gasteiger partial charge in [0.2, 0.25) is 0 Å². The first-order valence-electron chi connectivity index (χ1n) is 5.48. The van der Waals surface area contributed by atoms with Gasteiger partial charge in [0.25, 0.3) is 0 Å². The Hall–Kier alpha value is -1.16. The minimum absolute atomic E-state index is 0.0249. The average molecular weight is 303 g/mol. The average Bonchev–Trinajstić information content (AvgIpc) is 2.33. The zero-order valence-electron chi connectivity index (χ0n) is 9.92. The number of hydrogen-bond donors (Lipinski definition) is 1. The van der Waals surface area contributed by atoms with Crippen molar-refractivity contribution in [2.75, 3.05) is 0 Å². The highest BCUT2D eigenvalue weighted by Gasteiger charge is 2.19. The lowest BCUT2D eigenvalue weighted by molar-refractivity contribution is 0.214. The molecule has 0 heterocycles. The summed E-state index contributed by atoms with van der Waals surface area (Å²) in [6.07, 6.45) is -1.27. The van der Waals surface area contributed by atoms with E-state index in [2.05, 4.69) is 0 Å². The van der Waals surface area contributed by atoms with Gasteiger partial charge in [-0.25, -0.2) is 8.78 Å². The molecule has 0 saturated heterocycles. The fraction of sp³-hybridized carbons (Fsp3) is 0.143. The Morgan fingerprint density at radius 1 is 1.00 bits per heavy atom. The van der Waals surface area contributed by atoms with E-state index in [1.54, 1.807) is 6.07 Å². The predicted octanol–water partition coefficient (Wildman–Crippen LogP) is 4.66. The van der Waals surface area contributed by atoms with Gasteiger partial charge in [0.05, 0.1) is 0 Å². The van der Waals surface area contributed by atoms with Crippen molar-refractivity contribution in [1.29, 1.82) is 0 Å². The molecule has 2 rings (SSSR count). The van der Waals surface area contributed by atoms with E-state index >= 15 is 0 Å². The second-order valence-electron chi connectivity index (χ2n) is 4.19. The summed E-state index contributed by atoms with van der Waals surface area (Å²) in [5, 5.41) is 10.8. The van der Waals surface area contributed by atoms with Crippen molar-refractivity contribution in [3.05, 3.63) is 68.7 Å². The standard InChI is InChI=1S/C14H10Cl2F2O/c1-7-4-10(13(18)6-12(7)17)14(19)9-3-2-8(15)5-11(9)16/h2-6,14,19H,1H3. The zero-order valence-corrected chi connectivity index (χ0v) is 11.4. The molecule has 0 aliphatic rings. The third-order valence-corrected chi connectivity index (χ3v) is 3.39. The smallest absolute Gasteiger partial charge is 0.132 e. The first-order chi connectivity index (χ1) is 8.90. The third kappa shape index (κ3) is 2.89. The predicted molar refractivity (Wildman–Crippen MR) is 71.6 cm³/mol. The largest absolute Gasteiger partial charge is 0.383 e. The van der Waals surface area contributed by atoms with Crippen molar-refractivity contribution in [2.24, 2.45) is 0 Å². The second-order valence-corrected chi connectivity index (χ2v) is 5.03. The van der Waals surface area contributed by atoms with Crippen LogP contribution in [0.15, 0.2) is 30.3 Å². The number of halogens is 4. The summed E-state index contributed by atoms with van der Waals surface area (Å²) in [5.41, 5.74) is 0.541. The summed E-state index contributed by atoms with van der Waals surface area (Å²) in [6.45, 7) is 1.49. The summed E-state index contributed by atoms with van der Waals surface area (Å²) in [7, 11) is 0. The van der Waals surface area contributed by atoms with Gasteiger partial charge in [-0.1, -0.05) is 29.3 Å². The maximum atomic E-state index is 13.7. The van der Waals surface area contributed by atoms with Gasteiger partial charge in [0.15, 0.2) is 0 Å². The number of aliphatic hydroxyl groups excluding tert-OH is 1. The van der Waals surface area contributed by atoms with E-state index in [-0.39, 0.29) is 16.1 Å². The number of rotatable bonds is 2. The molecule has 1 nitrogen and oxygen atoms in total. The van der Waals surface area contributed by atoms with Crippen LogP contribution in [0.3, 0.4) is 0 Å². The first kappa shape index (κ1) is 14.3. The van der Waals surface area contributed by atoms with Gasteiger partial charge in [0.1, 0.15) is 17.7 Å². The maximum absolute atomic E-state index is 13.7. The van der Waals surface area contributed by atoms with Gasteiger partial charge >= 0.3 is 0 Å². The van der Waals surface area contributed by atoms with Crippen LogP contribution >= 0.6 is 23.2 Å². The highest BCUT2D eigenvalue weighted by Crippen LogP contribution is 2.32. The molecule has 5 heteroatoms. The van der Waals surface area contributed by atoms with Gasteiger partial charge in [-0.15, -0.1) is 0 Å². The quantitative estimate of drug-likeness (QED) is 0.855. The molecule has 0 amide bonds. The summed E-state index contributed by atoms with van der Waals surface area (Å²) >= 11 is 11.7. The molecule has 0 aliphatic carbocycles. The molecule has 0 fully saturated rings. The van der Waals surface area contributed by atoms with E-state index < -0.39 is 17.7 Å². The van der Waals surface area contributed by atoms with E-state index in [1.807, 2.05) is 0 Å². The van der Waals surface area contributed by atoms with Crippen LogP contribution in [-0.4, -0.2) is 5.11 Å². The van der Waals surface area contributed by atoms with E-state index in [0.717, 1.165) is 6.07 Å². The number of aryl methyl sites for hydroxylation is 1. The number of hydrogen-bond acceptors (Lipinski definition) is 1. The lowest BCUT2D eigenvalue weighted by Gasteiger charge is -2.15. The van der Waals surface area contributed by atoms with E-state index in [9.17, 15) is 13.9 Å². The molecule has 2 aromatic carbocycles. The maximum Gasteiger partial charge on any atom is 0.132 e. The molecule has 1 atom stereocenters. The molecule has 19 heavy (non-hydrogen) atoms. The molecule has 0 saturated carbocycles. The normalized spacial score (nSPS) is 12.5. The van der Waals surface area contributed by atoms with Crippen molar-refractivity contribution < 1.29 is 13.9 Å². The summed E-state index contributed by atoms with van der Waals surface area (Å²) in [4.78, 5) is 0. The summed E-state index contributed by atoms with van der Waals surface area (Å²) in [5.74, 6) is -1.47. The van der Waals surface area contributed by atoms with Crippen molar-refractivity contribution >= 4 is 23.2 Å². The van der Waals surface area contributed by atoms with Crippen molar-refractivity contribution in [2.45, 2.75) is 13.0 Å². The Morgan fingerprint density at radius 2 is 1.68 bits per heavy atom.